The van der Waals surface area contributed by atoms with E-state index < -0.39 is 5.56 Å². The number of nitrogens with one attached hydrogen (secondary N) is 1. The van der Waals surface area contributed by atoms with Crippen molar-refractivity contribution in [1.29, 1.82) is 0 Å². The van der Waals surface area contributed by atoms with Crippen molar-refractivity contribution in [2.75, 3.05) is 0 Å². The fraction of sp³-hybridized carbons (Fsp3) is 0.500. The van der Waals surface area contributed by atoms with E-state index in [9.17, 15) is 9.90 Å². The Hall–Kier alpha value is -1.32. The average Bonchev–Trinajstić information content (AvgIpc) is 1.92. The van der Waals surface area contributed by atoms with Crippen LogP contribution in [0.5, 0.6) is 5.75 Å². The molecule has 2 N–H and O–H groups in total. The van der Waals surface area contributed by atoms with Crippen LogP contribution in [0.2, 0.25) is 0 Å². The first-order valence-corrected chi connectivity index (χ1v) is 3.70. The Morgan fingerprint density at radius 1 is 1.50 bits per heavy atom. The van der Waals surface area contributed by atoms with Crippen molar-refractivity contribution in [2.24, 2.45) is 0 Å². The predicted octanol–water partition coefficient (Wildman–Crippen LogP) is 0.773. The summed E-state index contributed by atoms with van der Waals surface area (Å²) in [7, 11) is 0. The molecule has 0 spiro atoms. The standard InChI is InChI=1S/C8H12N2O2/c1-8(2,3)6-5(11)7(12)10-4-9-6/h4,11H,1-3H3,(H,9,10,12). The molecule has 0 bridgehead atoms. The highest BCUT2D eigenvalue weighted by molar-refractivity contribution is 5.27. The van der Waals surface area contributed by atoms with E-state index in [-0.39, 0.29) is 11.2 Å². The second-order valence-corrected chi connectivity index (χ2v) is 3.68. The van der Waals surface area contributed by atoms with Gasteiger partial charge < -0.3 is 10.1 Å². The number of H-pyrrole nitrogens is 1. The van der Waals surface area contributed by atoms with E-state index >= 15 is 0 Å². The zero-order valence-corrected chi connectivity index (χ0v) is 7.38. The van der Waals surface area contributed by atoms with Gasteiger partial charge in [0.2, 0.25) is 5.75 Å². The summed E-state index contributed by atoms with van der Waals surface area (Å²) in [6.07, 6.45) is 1.29. The van der Waals surface area contributed by atoms with Gasteiger partial charge >= 0.3 is 0 Å². The summed E-state index contributed by atoms with van der Waals surface area (Å²) >= 11 is 0. The summed E-state index contributed by atoms with van der Waals surface area (Å²) in [6.45, 7) is 5.65. The molecule has 12 heavy (non-hydrogen) atoms. The molecule has 0 amide bonds. The smallest absolute Gasteiger partial charge is 0.293 e. The lowest BCUT2D eigenvalue weighted by Gasteiger charge is -2.17. The van der Waals surface area contributed by atoms with Gasteiger partial charge in [-0.15, -0.1) is 0 Å². The third kappa shape index (κ3) is 1.47. The Morgan fingerprint density at radius 2 is 2.08 bits per heavy atom. The predicted molar refractivity (Wildman–Crippen MR) is 45.2 cm³/mol. The summed E-state index contributed by atoms with van der Waals surface area (Å²) in [5, 5.41) is 9.33. The second kappa shape index (κ2) is 2.62. The summed E-state index contributed by atoms with van der Waals surface area (Å²) in [5.74, 6) is -0.287. The summed E-state index contributed by atoms with van der Waals surface area (Å²) in [5.41, 5.74) is -0.376. The molecule has 4 nitrogen and oxygen atoms in total. The van der Waals surface area contributed by atoms with Crippen LogP contribution in [0.4, 0.5) is 0 Å². The average molecular weight is 168 g/mol. The maximum absolute atomic E-state index is 10.9. The highest BCUT2D eigenvalue weighted by Gasteiger charge is 2.21. The van der Waals surface area contributed by atoms with E-state index in [4.69, 9.17) is 0 Å². The van der Waals surface area contributed by atoms with Gasteiger partial charge in [-0.2, -0.15) is 0 Å². The lowest BCUT2D eigenvalue weighted by Crippen LogP contribution is -2.19. The maximum Gasteiger partial charge on any atom is 0.293 e. The van der Waals surface area contributed by atoms with Crippen LogP contribution in [0.3, 0.4) is 0 Å². The fourth-order valence-electron chi connectivity index (χ4n) is 0.941. The Kier molecular flexibility index (Phi) is 1.92. The van der Waals surface area contributed by atoms with Crippen LogP contribution in [-0.4, -0.2) is 15.1 Å². The molecule has 1 aromatic heterocycles. The van der Waals surface area contributed by atoms with Gasteiger partial charge in [0.1, 0.15) is 0 Å². The third-order valence-electron chi connectivity index (χ3n) is 1.54. The fourth-order valence-corrected chi connectivity index (χ4v) is 0.941. The van der Waals surface area contributed by atoms with Crippen molar-refractivity contribution in [2.45, 2.75) is 26.2 Å². The normalized spacial score (nSPS) is 11.6. The molecule has 0 aliphatic rings. The number of hydrogen-bond donors (Lipinski definition) is 2. The molecule has 0 aliphatic carbocycles. The van der Waals surface area contributed by atoms with Crippen LogP contribution in [0.15, 0.2) is 11.1 Å². The van der Waals surface area contributed by atoms with Gasteiger partial charge in [0, 0.05) is 5.41 Å². The molecule has 0 aromatic carbocycles. The van der Waals surface area contributed by atoms with Gasteiger partial charge in [0.25, 0.3) is 5.56 Å². The van der Waals surface area contributed by atoms with E-state index in [1.807, 2.05) is 20.8 Å². The van der Waals surface area contributed by atoms with Crippen LogP contribution < -0.4 is 5.56 Å². The Labute approximate surface area is 70.3 Å². The van der Waals surface area contributed by atoms with Crippen molar-refractivity contribution in [3.05, 3.63) is 22.4 Å². The van der Waals surface area contributed by atoms with Crippen LogP contribution in [0.25, 0.3) is 0 Å². The Bertz CT molecular complexity index is 336. The number of hydrogen-bond acceptors (Lipinski definition) is 3. The Morgan fingerprint density at radius 3 is 2.50 bits per heavy atom. The van der Waals surface area contributed by atoms with Gasteiger partial charge in [-0.3, -0.25) is 4.79 Å². The number of nitrogens with zero attached hydrogens (tertiary/aromatic N) is 1. The van der Waals surface area contributed by atoms with Gasteiger partial charge in [0.05, 0.1) is 12.0 Å². The molecule has 0 fully saturated rings. The first-order valence-electron chi connectivity index (χ1n) is 3.70. The van der Waals surface area contributed by atoms with Crippen LogP contribution >= 0.6 is 0 Å². The minimum Gasteiger partial charge on any atom is -0.502 e. The molecule has 0 saturated heterocycles. The van der Waals surface area contributed by atoms with Crippen LogP contribution in [0, 0.1) is 0 Å². The number of aromatic nitrogens is 2. The van der Waals surface area contributed by atoms with Gasteiger partial charge in [-0.25, -0.2) is 4.98 Å². The molecular weight excluding hydrogens is 156 g/mol. The molecule has 0 unspecified atom stereocenters. The molecule has 0 aliphatic heterocycles. The van der Waals surface area contributed by atoms with Crippen molar-refractivity contribution < 1.29 is 5.11 Å². The number of aromatic amines is 1. The lowest BCUT2D eigenvalue weighted by atomic mass is 9.91. The molecule has 1 rings (SSSR count). The number of rotatable bonds is 0. The minimum absolute atomic E-state index is 0.287. The summed E-state index contributed by atoms with van der Waals surface area (Å²) in [4.78, 5) is 17.1. The molecule has 0 saturated carbocycles. The highest BCUT2D eigenvalue weighted by atomic mass is 16.3. The van der Waals surface area contributed by atoms with Crippen molar-refractivity contribution in [3.8, 4) is 5.75 Å². The molecule has 0 radical (unpaired) electrons. The zero-order chi connectivity index (χ0) is 9.35. The first kappa shape index (κ1) is 8.77. The van der Waals surface area contributed by atoms with Crippen molar-refractivity contribution in [3.63, 3.8) is 0 Å². The largest absolute Gasteiger partial charge is 0.502 e. The summed E-state index contributed by atoms with van der Waals surface area (Å²) < 4.78 is 0. The van der Waals surface area contributed by atoms with Crippen molar-refractivity contribution >= 4 is 0 Å². The SMILES string of the molecule is CC(C)(C)c1nc[nH]c(=O)c1O. The maximum atomic E-state index is 10.9. The van der Waals surface area contributed by atoms with Gasteiger partial charge in [-0.1, -0.05) is 20.8 Å². The van der Waals surface area contributed by atoms with E-state index in [1.165, 1.54) is 6.33 Å². The lowest BCUT2D eigenvalue weighted by molar-refractivity contribution is 0.428. The topological polar surface area (TPSA) is 66.0 Å². The second-order valence-electron chi connectivity index (χ2n) is 3.68. The van der Waals surface area contributed by atoms with Gasteiger partial charge in [-0.05, 0) is 0 Å². The number of aromatic hydroxyl groups is 1. The molecule has 1 aromatic rings. The minimum atomic E-state index is -0.491. The quantitative estimate of drug-likeness (QED) is 0.601. The monoisotopic (exact) mass is 168 g/mol. The molecular formula is C8H12N2O2. The molecule has 1 heterocycles. The Balaban J connectivity index is 3.36. The summed E-state index contributed by atoms with van der Waals surface area (Å²) in [6, 6.07) is 0. The van der Waals surface area contributed by atoms with E-state index in [1.54, 1.807) is 0 Å². The molecule has 66 valence electrons. The van der Waals surface area contributed by atoms with E-state index in [0.29, 0.717) is 5.69 Å². The van der Waals surface area contributed by atoms with Crippen molar-refractivity contribution in [1.82, 2.24) is 9.97 Å². The molecule has 4 heteroatoms. The molecule has 0 atom stereocenters. The van der Waals surface area contributed by atoms with Crippen LogP contribution in [0.1, 0.15) is 26.5 Å². The van der Waals surface area contributed by atoms with E-state index in [0.717, 1.165) is 0 Å². The zero-order valence-electron chi connectivity index (χ0n) is 7.38. The van der Waals surface area contributed by atoms with Crippen LogP contribution in [-0.2, 0) is 5.41 Å². The first-order chi connectivity index (χ1) is 5.43. The van der Waals surface area contributed by atoms with E-state index in [2.05, 4.69) is 9.97 Å². The van der Waals surface area contributed by atoms with Gasteiger partial charge in [0.15, 0.2) is 0 Å². The third-order valence-corrected chi connectivity index (χ3v) is 1.54. The highest BCUT2D eigenvalue weighted by Crippen LogP contribution is 2.24.